The van der Waals surface area contributed by atoms with Gasteiger partial charge in [-0.3, -0.25) is 19.2 Å². The van der Waals surface area contributed by atoms with Crippen molar-refractivity contribution < 1.29 is 77.4 Å². The van der Waals surface area contributed by atoms with Crippen molar-refractivity contribution in [1.82, 2.24) is 0 Å². The number of esters is 2. The van der Waals surface area contributed by atoms with E-state index < -0.39 is 112 Å². The molecule has 0 aliphatic heterocycles. The summed E-state index contributed by atoms with van der Waals surface area (Å²) >= 11 is 0. The first-order valence-electron chi connectivity index (χ1n) is 19.4. The van der Waals surface area contributed by atoms with Gasteiger partial charge in [0.2, 0.25) is 11.4 Å². The van der Waals surface area contributed by atoms with Crippen LogP contribution >= 0.6 is 0 Å². The lowest BCUT2D eigenvalue weighted by Gasteiger charge is -2.62. The summed E-state index contributed by atoms with van der Waals surface area (Å²) in [6, 6.07) is 4.67. The standard InChI is InChI=1S/C39H48FN3O17/c1-36-14-13-25(44)19-24(36)9-12-27-28-20-30(45)39(37(28,2)21-31(46)38(27,36)40,60-33(48)6-5-17-58-43(53)54)32(47)22-56-35(50)59-26-10-7-23(8-11-26)18-29(41)34(49)55-15-3-4-16-57-42(51)52/h7-8,10-11,13-14,19,27-31,45-46H,3-6,9,12,15-18,20-22,41H2,1-2H3/t27?,28?,29-,30+,31-,36-,37-,38-,39-/m0/s1. The average molecular weight is 850 g/mol. The van der Waals surface area contributed by atoms with E-state index in [1.165, 1.54) is 49.4 Å². The summed E-state index contributed by atoms with van der Waals surface area (Å²) < 4.78 is 39.0. The first-order chi connectivity index (χ1) is 28.3. The summed E-state index contributed by atoms with van der Waals surface area (Å²) in [5.41, 5.74) is -0.876. The topological polar surface area (TPSA) is 293 Å². The van der Waals surface area contributed by atoms with E-state index in [0.29, 0.717) is 17.6 Å². The summed E-state index contributed by atoms with van der Waals surface area (Å²) in [5, 5.41) is 42.4. The lowest BCUT2D eigenvalue weighted by molar-refractivity contribution is -0.757. The summed E-state index contributed by atoms with van der Waals surface area (Å²) in [5.74, 6) is -5.08. The van der Waals surface area contributed by atoms with Gasteiger partial charge in [0.25, 0.3) is 10.2 Å². The Labute approximate surface area is 342 Å². The number of aliphatic hydroxyl groups excluding tert-OH is 2. The summed E-state index contributed by atoms with van der Waals surface area (Å²) in [6.45, 7) is 1.35. The number of carbonyl (C=O) groups excluding carboxylic acids is 5. The van der Waals surface area contributed by atoms with Gasteiger partial charge in [-0.1, -0.05) is 30.7 Å². The Morgan fingerprint density at radius 2 is 1.60 bits per heavy atom. The van der Waals surface area contributed by atoms with Crippen molar-refractivity contribution in [1.29, 1.82) is 0 Å². The highest BCUT2D eigenvalue weighted by Gasteiger charge is 2.78. The normalized spacial score (nSPS) is 30.6. The number of hydrogen-bond donors (Lipinski definition) is 3. The van der Waals surface area contributed by atoms with Gasteiger partial charge < -0.3 is 44.6 Å². The number of nitrogens with zero attached hydrogens (tertiary/aromatic N) is 2. The van der Waals surface area contributed by atoms with Crippen molar-refractivity contribution in [3.63, 3.8) is 0 Å². The summed E-state index contributed by atoms with van der Waals surface area (Å²) in [6.07, 6.45) is -1.28. The van der Waals surface area contributed by atoms with Crippen molar-refractivity contribution in [2.45, 2.75) is 101 Å². The lowest BCUT2D eigenvalue weighted by Crippen LogP contribution is -2.70. The number of alkyl halides is 1. The molecule has 1 aromatic rings. The van der Waals surface area contributed by atoms with Crippen molar-refractivity contribution in [2.75, 3.05) is 26.4 Å². The minimum absolute atomic E-state index is 0.0184. The second-order valence-electron chi connectivity index (χ2n) is 15.8. The van der Waals surface area contributed by atoms with Crippen LogP contribution in [0.15, 0.2) is 48.1 Å². The molecule has 3 saturated carbocycles. The van der Waals surface area contributed by atoms with Crippen LogP contribution in [0, 0.1) is 42.9 Å². The average Bonchev–Trinajstić information content (AvgIpc) is 3.40. The van der Waals surface area contributed by atoms with E-state index in [4.69, 9.17) is 24.7 Å². The molecular weight excluding hydrogens is 801 g/mol. The maximum atomic E-state index is 17.7. The molecule has 0 amide bonds. The van der Waals surface area contributed by atoms with E-state index in [0.717, 1.165) is 0 Å². The van der Waals surface area contributed by atoms with Crippen molar-refractivity contribution in [3.8, 4) is 5.75 Å². The van der Waals surface area contributed by atoms with Gasteiger partial charge in [0.15, 0.2) is 18.1 Å². The van der Waals surface area contributed by atoms with Crippen LogP contribution in [0.5, 0.6) is 5.75 Å². The minimum Gasteiger partial charge on any atom is -0.465 e. The molecule has 2 unspecified atom stereocenters. The molecule has 21 heteroatoms. The Bertz CT molecular complexity index is 1910. The molecule has 20 nitrogen and oxygen atoms in total. The van der Waals surface area contributed by atoms with Crippen LogP contribution in [0.4, 0.5) is 9.18 Å². The Morgan fingerprint density at radius 3 is 2.27 bits per heavy atom. The monoisotopic (exact) mass is 849 g/mol. The Morgan fingerprint density at radius 1 is 0.950 bits per heavy atom. The van der Waals surface area contributed by atoms with E-state index in [-0.39, 0.29) is 63.3 Å². The van der Waals surface area contributed by atoms with E-state index in [2.05, 4.69) is 9.68 Å². The molecule has 0 aromatic heterocycles. The molecule has 0 radical (unpaired) electrons. The largest absolute Gasteiger partial charge is 0.514 e. The number of ketones is 2. The number of fused-ring (bicyclic) bond motifs is 5. The van der Waals surface area contributed by atoms with Crippen LogP contribution < -0.4 is 10.5 Å². The van der Waals surface area contributed by atoms with Gasteiger partial charge in [0, 0.05) is 23.2 Å². The lowest BCUT2D eigenvalue weighted by atomic mass is 9.44. The Hall–Kier alpha value is -5.54. The summed E-state index contributed by atoms with van der Waals surface area (Å²) in [4.78, 5) is 94.3. The molecule has 1 aromatic carbocycles. The number of rotatable bonds is 19. The second kappa shape index (κ2) is 18.4. The van der Waals surface area contributed by atoms with Crippen molar-refractivity contribution in [3.05, 3.63) is 73.9 Å². The fraction of sp³-hybridized carbons (Fsp3) is 0.615. The van der Waals surface area contributed by atoms with E-state index in [1.807, 2.05) is 0 Å². The fourth-order valence-corrected chi connectivity index (χ4v) is 9.55. The van der Waals surface area contributed by atoms with Crippen LogP contribution in [0.1, 0.15) is 70.8 Å². The van der Waals surface area contributed by atoms with Gasteiger partial charge in [-0.2, -0.15) is 0 Å². The van der Waals surface area contributed by atoms with Crippen LogP contribution in [0.3, 0.4) is 0 Å². The molecule has 4 aliphatic rings. The molecule has 9 atom stereocenters. The SMILES string of the molecule is C[C@]12C=CC(=O)C=C1CCC1C3C[C@@H](O)[C@](OC(=O)CCCO[N+](=O)[O-])(C(=O)COC(=O)Oc4ccc(C[C@H](N)C(=O)OCCCCO[N+](=O)[O-])cc4)[C@@]3(C)C[C@H](O)[C@@]12F. The molecule has 3 fully saturated rings. The third-order valence-electron chi connectivity index (χ3n) is 12.4. The molecule has 0 bridgehead atoms. The highest BCUT2D eigenvalue weighted by Crippen LogP contribution is 2.70. The van der Waals surface area contributed by atoms with E-state index >= 15 is 4.39 Å². The van der Waals surface area contributed by atoms with Gasteiger partial charge in [0.1, 0.15) is 17.9 Å². The van der Waals surface area contributed by atoms with Crippen molar-refractivity contribution in [2.24, 2.45) is 28.4 Å². The second-order valence-corrected chi connectivity index (χ2v) is 15.8. The number of benzene rings is 1. The van der Waals surface area contributed by atoms with Gasteiger partial charge in [0.05, 0.1) is 25.9 Å². The third-order valence-corrected chi connectivity index (χ3v) is 12.4. The minimum atomic E-state index is -2.48. The van der Waals surface area contributed by atoms with Crippen LogP contribution in [0.2, 0.25) is 0 Å². The van der Waals surface area contributed by atoms with Crippen LogP contribution in [-0.2, 0) is 49.5 Å². The number of hydrogen-bond acceptors (Lipinski definition) is 18. The number of halogens is 1. The molecule has 328 valence electrons. The van der Waals surface area contributed by atoms with Gasteiger partial charge in [-0.05, 0) is 94.1 Å². The fourth-order valence-electron chi connectivity index (χ4n) is 9.55. The molecule has 0 heterocycles. The number of allylic oxidation sites excluding steroid dienone is 4. The molecule has 4 N–H and O–H groups in total. The van der Waals surface area contributed by atoms with Crippen LogP contribution in [-0.4, -0.2) is 106 Å². The van der Waals surface area contributed by atoms with Gasteiger partial charge in [-0.15, -0.1) is 20.2 Å². The predicted octanol–water partition coefficient (Wildman–Crippen LogP) is 2.78. The quantitative estimate of drug-likeness (QED) is 0.0450. The molecule has 0 spiro atoms. The smallest absolute Gasteiger partial charge is 0.465 e. The highest BCUT2D eigenvalue weighted by molar-refractivity contribution is 6.01. The number of unbranched alkanes of at least 4 members (excludes halogenated alkanes) is 1. The molecule has 5 rings (SSSR count). The highest BCUT2D eigenvalue weighted by atomic mass is 19.1. The first kappa shape index (κ1) is 45.5. The van der Waals surface area contributed by atoms with E-state index in [1.54, 1.807) is 6.92 Å². The predicted molar refractivity (Wildman–Crippen MR) is 199 cm³/mol. The summed E-state index contributed by atoms with van der Waals surface area (Å²) in [7, 11) is 0. The van der Waals surface area contributed by atoms with Gasteiger partial charge in [-0.25, -0.2) is 9.18 Å². The van der Waals surface area contributed by atoms with Gasteiger partial charge >= 0.3 is 18.1 Å². The van der Waals surface area contributed by atoms with E-state index in [9.17, 15) is 54.4 Å². The third kappa shape index (κ3) is 8.97. The number of Topliss-reactive ketones (excluding diaryl/α,β-unsaturated/α-hetero) is 1. The zero-order chi connectivity index (χ0) is 44.0. The van der Waals surface area contributed by atoms with Crippen LogP contribution in [0.25, 0.3) is 0 Å². The maximum Gasteiger partial charge on any atom is 0.514 e. The zero-order valence-electron chi connectivity index (χ0n) is 33.0. The van der Waals surface area contributed by atoms with Crippen molar-refractivity contribution >= 4 is 29.7 Å². The number of ether oxygens (including phenoxy) is 4. The Kier molecular flexibility index (Phi) is 14.0. The first-order valence-corrected chi connectivity index (χ1v) is 19.4. The molecular formula is C39H48FN3O17. The molecule has 4 aliphatic carbocycles. The maximum absolute atomic E-state index is 17.7. The number of carbonyl (C=O) groups is 5. The zero-order valence-corrected chi connectivity index (χ0v) is 33.0. The molecule has 0 saturated heterocycles. The number of nitrogens with two attached hydrogens (primary N) is 1. The molecule has 60 heavy (non-hydrogen) atoms. The Balaban J connectivity index is 1.27. The number of aliphatic hydroxyl groups is 2.